The molecule has 0 bridgehead atoms. The molecule has 0 saturated carbocycles. The first-order valence-corrected chi connectivity index (χ1v) is 11.8. The second-order valence-electron chi connectivity index (χ2n) is 9.32. The number of hydrogen-bond donors (Lipinski definition) is 0. The maximum Gasteiger partial charge on any atom is 0.138 e. The van der Waals surface area contributed by atoms with Crippen LogP contribution in [0.3, 0.4) is 0 Å². The molecule has 3 aromatic carbocycles. The van der Waals surface area contributed by atoms with Crippen molar-refractivity contribution in [1.82, 2.24) is 4.98 Å². The first-order chi connectivity index (χ1) is 15.5. The summed E-state index contributed by atoms with van der Waals surface area (Å²) in [6, 6.07) is 25.8. The molecule has 0 aliphatic rings. The average Bonchev–Trinajstić information content (AvgIpc) is 3.44. The number of hydrogen-bond acceptors (Lipinski definition) is 3. The van der Waals surface area contributed by atoms with Gasteiger partial charge in [0.05, 0.1) is 5.69 Å². The second kappa shape index (κ2) is 7.04. The van der Waals surface area contributed by atoms with Gasteiger partial charge in [-0.1, -0.05) is 57.2 Å². The van der Waals surface area contributed by atoms with Crippen molar-refractivity contribution in [3.63, 3.8) is 0 Å². The minimum atomic E-state index is 0.0277. The molecule has 0 spiro atoms. The van der Waals surface area contributed by atoms with Gasteiger partial charge < -0.3 is 4.42 Å². The third-order valence-corrected chi connectivity index (χ3v) is 7.10. The summed E-state index contributed by atoms with van der Waals surface area (Å²) < 4.78 is 7.60. The monoisotopic (exact) mass is 433 g/mol. The van der Waals surface area contributed by atoms with Crippen molar-refractivity contribution < 1.29 is 4.42 Å². The van der Waals surface area contributed by atoms with E-state index >= 15 is 0 Å². The molecule has 3 aromatic heterocycles. The van der Waals surface area contributed by atoms with Crippen LogP contribution in [0.4, 0.5) is 0 Å². The lowest BCUT2D eigenvalue weighted by Gasteiger charge is -2.22. The lowest BCUT2D eigenvalue weighted by molar-refractivity contribution is 0.596. The van der Waals surface area contributed by atoms with Crippen LogP contribution in [0.5, 0.6) is 0 Å². The van der Waals surface area contributed by atoms with Gasteiger partial charge in [0.2, 0.25) is 0 Å². The van der Waals surface area contributed by atoms with Gasteiger partial charge in [-0.25, -0.2) is 0 Å². The normalized spacial score (nSPS) is 12.2. The Kier molecular flexibility index (Phi) is 4.24. The van der Waals surface area contributed by atoms with E-state index in [1.807, 2.05) is 12.3 Å². The molecule has 0 radical (unpaired) electrons. The summed E-state index contributed by atoms with van der Waals surface area (Å²) in [5.74, 6) is 0.888. The van der Waals surface area contributed by atoms with Crippen LogP contribution >= 0.6 is 11.3 Å². The number of furan rings is 1. The molecule has 0 saturated heterocycles. The topological polar surface area (TPSA) is 26.0 Å². The minimum Gasteiger partial charge on any atom is -0.456 e. The first-order valence-electron chi connectivity index (χ1n) is 10.9. The third kappa shape index (κ3) is 3.04. The van der Waals surface area contributed by atoms with Crippen molar-refractivity contribution in [2.75, 3.05) is 0 Å². The predicted octanol–water partition coefficient (Wildman–Crippen LogP) is 8.83. The molecule has 0 aliphatic heterocycles. The van der Waals surface area contributed by atoms with Gasteiger partial charge in [0.1, 0.15) is 11.3 Å². The highest BCUT2D eigenvalue weighted by Gasteiger charge is 2.20. The Morgan fingerprint density at radius 2 is 1.66 bits per heavy atom. The van der Waals surface area contributed by atoms with Crippen LogP contribution in [0.15, 0.2) is 88.8 Å². The Morgan fingerprint density at radius 1 is 0.812 bits per heavy atom. The molecule has 0 atom stereocenters. The van der Waals surface area contributed by atoms with Gasteiger partial charge in [-0.15, -0.1) is 11.3 Å². The van der Waals surface area contributed by atoms with Crippen molar-refractivity contribution in [2.24, 2.45) is 0 Å². The van der Waals surface area contributed by atoms with Crippen molar-refractivity contribution >= 4 is 43.2 Å². The summed E-state index contributed by atoms with van der Waals surface area (Å²) >= 11 is 1.75. The predicted molar refractivity (Wildman–Crippen MR) is 136 cm³/mol. The van der Waals surface area contributed by atoms with E-state index in [2.05, 4.69) is 92.9 Å². The Hall–Kier alpha value is -3.43. The van der Waals surface area contributed by atoms with Crippen LogP contribution in [0.1, 0.15) is 26.3 Å². The molecule has 6 aromatic rings. The summed E-state index contributed by atoms with van der Waals surface area (Å²) in [6.07, 6.45) is 1.85. The lowest BCUT2D eigenvalue weighted by atomic mass is 9.82. The van der Waals surface area contributed by atoms with Crippen LogP contribution in [0.2, 0.25) is 0 Å². The van der Waals surface area contributed by atoms with E-state index in [0.717, 1.165) is 33.6 Å². The van der Waals surface area contributed by atoms with Gasteiger partial charge in [-0.3, -0.25) is 4.98 Å². The fourth-order valence-electron chi connectivity index (χ4n) is 4.58. The lowest BCUT2D eigenvalue weighted by Crippen LogP contribution is -2.12. The van der Waals surface area contributed by atoms with Crippen LogP contribution < -0.4 is 0 Å². The minimum absolute atomic E-state index is 0.0277. The standard InChI is InChI=1S/C29H23NOS/c1-29(2,3)24-16-20(15-19-7-4-5-9-21(19)24)27-23-17-26(31-25(23)11-13-30-27)22-10-6-8-18-12-14-32-28(18)22/h4-17H,1-3H3. The van der Waals surface area contributed by atoms with E-state index in [4.69, 9.17) is 9.40 Å². The van der Waals surface area contributed by atoms with Gasteiger partial charge in [0, 0.05) is 27.4 Å². The van der Waals surface area contributed by atoms with Crippen molar-refractivity contribution in [3.05, 3.63) is 89.9 Å². The van der Waals surface area contributed by atoms with E-state index in [1.54, 1.807) is 11.3 Å². The van der Waals surface area contributed by atoms with E-state index in [0.29, 0.717) is 0 Å². The van der Waals surface area contributed by atoms with Crippen molar-refractivity contribution in [3.8, 4) is 22.6 Å². The Morgan fingerprint density at radius 3 is 2.53 bits per heavy atom. The zero-order valence-electron chi connectivity index (χ0n) is 18.3. The molecule has 0 unspecified atom stereocenters. The SMILES string of the molecule is CC(C)(C)c1cc(-c2nccc3oc(-c4cccc5ccsc45)cc23)cc2ccccc12. The molecule has 32 heavy (non-hydrogen) atoms. The summed E-state index contributed by atoms with van der Waals surface area (Å²) in [5.41, 5.74) is 5.45. The van der Waals surface area contributed by atoms with Gasteiger partial charge in [-0.2, -0.15) is 0 Å². The Balaban J connectivity index is 1.60. The number of thiophene rings is 1. The molecule has 2 nitrogen and oxygen atoms in total. The zero-order chi connectivity index (χ0) is 21.9. The van der Waals surface area contributed by atoms with Crippen molar-refractivity contribution in [2.45, 2.75) is 26.2 Å². The number of fused-ring (bicyclic) bond motifs is 3. The Labute approximate surface area is 191 Å². The highest BCUT2D eigenvalue weighted by Crippen LogP contribution is 2.40. The van der Waals surface area contributed by atoms with E-state index in [9.17, 15) is 0 Å². The van der Waals surface area contributed by atoms with Crippen LogP contribution in [0, 0.1) is 0 Å². The molecule has 156 valence electrons. The fourth-order valence-corrected chi connectivity index (χ4v) is 5.50. The number of benzene rings is 3. The number of nitrogens with zero attached hydrogens (tertiary/aromatic N) is 1. The summed E-state index contributed by atoms with van der Waals surface area (Å²) in [7, 11) is 0. The van der Waals surface area contributed by atoms with Crippen LogP contribution in [-0.2, 0) is 5.41 Å². The number of pyridine rings is 1. The summed E-state index contributed by atoms with van der Waals surface area (Å²) in [4.78, 5) is 4.81. The van der Waals surface area contributed by atoms with E-state index in [1.165, 1.54) is 26.4 Å². The first kappa shape index (κ1) is 19.3. The quantitative estimate of drug-likeness (QED) is 0.273. The highest BCUT2D eigenvalue weighted by atomic mass is 32.1. The summed E-state index contributed by atoms with van der Waals surface area (Å²) in [5, 5.41) is 6.96. The molecule has 0 N–H and O–H groups in total. The maximum atomic E-state index is 6.35. The molecule has 0 fully saturated rings. The van der Waals surface area contributed by atoms with Crippen LogP contribution in [0.25, 0.3) is 54.4 Å². The highest BCUT2D eigenvalue weighted by molar-refractivity contribution is 7.17. The number of aromatic nitrogens is 1. The second-order valence-corrected chi connectivity index (χ2v) is 10.2. The zero-order valence-corrected chi connectivity index (χ0v) is 19.2. The van der Waals surface area contributed by atoms with Gasteiger partial charge in [0.25, 0.3) is 0 Å². The largest absolute Gasteiger partial charge is 0.456 e. The molecule has 0 aliphatic carbocycles. The van der Waals surface area contributed by atoms with E-state index < -0.39 is 0 Å². The van der Waals surface area contributed by atoms with Gasteiger partial charge in [0.15, 0.2) is 0 Å². The van der Waals surface area contributed by atoms with Gasteiger partial charge in [-0.05, 0) is 68.9 Å². The number of rotatable bonds is 2. The van der Waals surface area contributed by atoms with Crippen molar-refractivity contribution in [1.29, 1.82) is 0 Å². The fraction of sp³-hybridized carbons (Fsp3) is 0.138. The molecule has 3 heteroatoms. The molecule has 0 amide bonds. The van der Waals surface area contributed by atoms with E-state index in [-0.39, 0.29) is 5.41 Å². The Bertz CT molecular complexity index is 1610. The maximum absolute atomic E-state index is 6.35. The summed E-state index contributed by atoms with van der Waals surface area (Å²) in [6.45, 7) is 6.80. The third-order valence-electron chi connectivity index (χ3n) is 6.13. The molecular weight excluding hydrogens is 410 g/mol. The smallest absolute Gasteiger partial charge is 0.138 e. The van der Waals surface area contributed by atoms with Gasteiger partial charge >= 0.3 is 0 Å². The molecule has 3 heterocycles. The molecular formula is C29H23NOS. The average molecular weight is 434 g/mol. The molecule has 6 rings (SSSR count). The van der Waals surface area contributed by atoms with Crippen LogP contribution in [-0.4, -0.2) is 4.98 Å².